The summed E-state index contributed by atoms with van der Waals surface area (Å²) in [5.41, 5.74) is 1.05. The summed E-state index contributed by atoms with van der Waals surface area (Å²) in [5, 5.41) is 0. The molecule has 0 spiro atoms. The minimum Gasteiger partial charge on any atom is -0.497 e. The van der Waals surface area contributed by atoms with Crippen molar-refractivity contribution < 1.29 is 23.8 Å². The quantitative estimate of drug-likeness (QED) is 0.302. The van der Waals surface area contributed by atoms with Crippen LogP contribution in [0.3, 0.4) is 0 Å². The number of carbonyl (C=O) groups excluding carboxylic acids is 2. The highest BCUT2D eigenvalue weighted by Crippen LogP contribution is 2.11. The molecule has 5 nitrogen and oxygen atoms in total. The molecular formula is C16H20O5. The molecule has 0 amide bonds. The second-order valence-electron chi connectivity index (χ2n) is 4.40. The summed E-state index contributed by atoms with van der Waals surface area (Å²) >= 11 is 0. The average molecular weight is 292 g/mol. The van der Waals surface area contributed by atoms with Crippen LogP contribution in [0.25, 0.3) is 0 Å². The molecule has 1 rings (SSSR count). The third-order valence-electron chi connectivity index (χ3n) is 2.54. The first-order chi connectivity index (χ1) is 10.1. The van der Waals surface area contributed by atoms with Crippen LogP contribution in [0.5, 0.6) is 5.75 Å². The molecule has 0 radical (unpaired) electrons. The molecular weight excluding hydrogens is 272 g/mol. The Hall–Kier alpha value is -2.14. The Morgan fingerprint density at radius 2 is 1.76 bits per heavy atom. The number of carbonyl (C=O) groups is 2. The molecule has 1 aromatic carbocycles. The van der Waals surface area contributed by atoms with E-state index in [1.165, 1.54) is 6.92 Å². The van der Waals surface area contributed by atoms with Crippen LogP contribution in [0.4, 0.5) is 0 Å². The van der Waals surface area contributed by atoms with E-state index in [-0.39, 0.29) is 18.8 Å². The van der Waals surface area contributed by atoms with Gasteiger partial charge < -0.3 is 14.2 Å². The highest BCUT2D eigenvalue weighted by molar-refractivity contribution is 5.94. The highest BCUT2D eigenvalue weighted by atomic mass is 16.5. The number of methoxy groups -OCH3 is 1. The van der Waals surface area contributed by atoms with E-state index in [2.05, 4.69) is 0 Å². The fourth-order valence-electron chi connectivity index (χ4n) is 1.50. The first-order valence-electron chi connectivity index (χ1n) is 6.62. The Morgan fingerprint density at radius 3 is 2.38 bits per heavy atom. The monoisotopic (exact) mass is 292 g/mol. The van der Waals surface area contributed by atoms with E-state index in [9.17, 15) is 9.59 Å². The van der Waals surface area contributed by atoms with Gasteiger partial charge in [-0.25, -0.2) is 0 Å². The zero-order valence-electron chi connectivity index (χ0n) is 12.3. The van der Waals surface area contributed by atoms with Gasteiger partial charge in [-0.2, -0.15) is 0 Å². The fraction of sp³-hybridized carbons (Fsp3) is 0.375. The minimum atomic E-state index is -0.508. The van der Waals surface area contributed by atoms with Gasteiger partial charge in [-0.3, -0.25) is 9.59 Å². The van der Waals surface area contributed by atoms with E-state index in [0.717, 1.165) is 11.3 Å². The fourth-order valence-corrected chi connectivity index (χ4v) is 1.50. The van der Waals surface area contributed by atoms with Crippen molar-refractivity contribution in [3.05, 3.63) is 42.0 Å². The van der Waals surface area contributed by atoms with E-state index < -0.39 is 5.97 Å². The van der Waals surface area contributed by atoms with Crippen LogP contribution in [0.1, 0.15) is 18.9 Å². The Morgan fingerprint density at radius 1 is 1.10 bits per heavy atom. The van der Waals surface area contributed by atoms with Gasteiger partial charge in [0.2, 0.25) is 0 Å². The number of hydrogen-bond acceptors (Lipinski definition) is 5. The molecule has 0 unspecified atom stereocenters. The van der Waals surface area contributed by atoms with Gasteiger partial charge in [0.05, 0.1) is 20.3 Å². The molecule has 0 aliphatic heterocycles. The molecule has 0 heterocycles. The maximum atomic E-state index is 11.1. The molecule has 0 aliphatic rings. The van der Waals surface area contributed by atoms with Gasteiger partial charge >= 0.3 is 5.97 Å². The van der Waals surface area contributed by atoms with E-state index in [1.54, 1.807) is 19.3 Å². The second kappa shape index (κ2) is 9.72. The van der Waals surface area contributed by atoms with Crippen molar-refractivity contribution in [1.82, 2.24) is 0 Å². The number of benzene rings is 1. The van der Waals surface area contributed by atoms with Gasteiger partial charge in [-0.15, -0.1) is 0 Å². The average Bonchev–Trinajstić information content (AvgIpc) is 2.46. The predicted octanol–water partition coefficient (Wildman–Crippen LogP) is 2.29. The second-order valence-corrected chi connectivity index (χ2v) is 4.40. The van der Waals surface area contributed by atoms with Crippen molar-refractivity contribution in [2.75, 3.05) is 20.3 Å². The molecule has 114 valence electrons. The zero-order chi connectivity index (χ0) is 15.5. The molecule has 0 N–H and O–H groups in total. The summed E-state index contributed by atoms with van der Waals surface area (Å²) in [6, 6.07) is 7.63. The number of ketones is 1. The minimum absolute atomic E-state index is 0.151. The first-order valence-corrected chi connectivity index (χ1v) is 6.62. The van der Waals surface area contributed by atoms with E-state index >= 15 is 0 Å². The normalized spacial score (nSPS) is 10.6. The van der Waals surface area contributed by atoms with Crippen molar-refractivity contribution in [3.8, 4) is 5.75 Å². The molecule has 21 heavy (non-hydrogen) atoms. The lowest BCUT2D eigenvalue weighted by molar-refractivity contribution is -0.144. The Labute approximate surface area is 124 Å². The van der Waals surface area contributed by atoms with Crippen LogP contribution in [-0.2, 0) is 25.7 Å². The molecule has 0 saturated heterocycles. The topological polar surface area (TPSA) is 61.8 Å². The van der Waals surface area contributed by atoms with Gasteiger partial charge in [0, 0.05) is 0 Å². The molecule has 0 atom stereocenters. The van der Waals surface area contributed by atoms with Crippen LogP contribution in [-0.4, -0.2) is 32.1 Å². The van der Waals surface area contributed by atoms with Crippen LogP contribution in [0, 0.1) is 0 Å². The summed E-state index contributed by atoms with van der Waals surface area (Å²) in [7, 11) is 1.62. The standard InChI is InChI=1S/C16H20O5/c1-13(17)11-16(18)21-10-4-3-9-20-12-14-5-7-15(19-2)8-6-14/h3-8H,9-12H2,1-2H3/b4-3+. The molecule has 1 aromatic rings. The first kappa shape index (κ1) is 16.9. The Bertz CT molecular complexity index is 476. The van der Waals surface area contributed by atoms with E-state index in [4.69, 9.17) is 14.2 Å². The molecule has 0 fully saturated rings. The molecule has 5 heteroatoms. The lowest BCUT2D eigenvalue weighted by Gasteiger charge is -2.03. The van der Waals surface area contributed by atoms with Crippen LogP contribution >= 0.6 is 0 Å². The number of esters is 1. The third kappa shape index (κ3) is 7.89. The smallest absolute Gasteiger partial charge is 0.313 e. The van der Waals surface area contributed by atoms with Crippen LogP contribution < -0.4 is 4.74 Å². The number of ether oxygens (including phenoxy) is 3. The Kier molecular flexibility index (Phi) is 7.82. The van der Waals surface area contributed by atoms with Crippen LogP contribution in [0.15, 0.2) is 36.4 Å². The number of Topliss-reactive ketones (excluding diaryl/α,β-unsaturated/α-hetero) is 1. The maximum Gasteiger partial charge on any atom is 0.313 e. The summed E-state index contributed by atoms with van der Waals surface area (Å²) in [5.74, 6) is 0.101. The van der Waals surface area contributed by atoms with Crippen molar-refractivity contribution in [3.63, 3.8) is 0 Å². The van der Waals surface area contributed by atoms with Crippen molar-refractivity contribution in [2.24, 2.45) is 0 Å². The van der Waals surface area contributed by atoms with Gasteiger partial charge in [0.1, 0.15) is 24.6 Å². The lowest BCUT2D eigenvalue weighted by Crippen LogP contribution is -2.08. The zero-order valence-corrected chi connectivity index (χ0v) is 12.3. The molecule has 0 aliphatic carbocycles. The maximum absolute atomic E-state index is 11.1. The summed E-state index contributed by atoms with van der Waals surface area (Å²) in [6.07, 6.45) is 3.28. The van der Waals surface area contributed by atoms with Crippen molar-refractivity contribution in [1.29, 1.82) is 0 Å². The third-order valence-corrected chi connectivity index (χ3v) is 2.54. The highest BCUT2D eigenvalue weighted by Gasteiger charge is 2.04. The lowest BCUT2D eigenvalue weighted by atomic mass is 10.2. The van der Waals surface area contributed by atoms with Crippen molar-refractivity contribution >= 4 is 11.8 Å². The molecule has 0 aromatic heterocycles. The summed E-state index contributed by atoms with van der Waals surface area (Å²) in [4.78, 5) is 21.7. The number of rotatable bonds is 9. The van der Waals surface area contributed by atoms with Gasteiger partial charge in [-0.05, 0) is 30.7 Å². The van der Waals surface area contributed by atoms with Gasteiger partial charge in [0.15, 0.2) is 0 Å². The number of hydrogen-bond donors (Lipinski definition) is 0. The largest absolute Gasteiger partial charge is 0.497 e. The van der Waals surface area contributed by atoms with Crippen LogP contribution in [0.2, 0.25) is 0 Å². The summed E-state index contributed by atoms with van der Waals surface area (Å²) in [6.45, 7) is 2.43. The predicted molar refractivity (Wildman–Crippen MR) is 78.0 cm³/mol. The van der Waals surface area contributed by atoms with E-state index in [0.29, 0.717) is 13.2 Å². The summed E-state index contributed by atoms with van der Waals surface area (Å²) < 4.78 is 15.3. The Balaban J connectivity index is 2.11. The molecule has 0 saturated carbocycles. The molecule has 0 bridgehead atoms. The SMILES string of the molecule is COc1ccc(COC/C=C/COC(=O)CC(C)=O)cc1. The van der Waals surface area contributed by atoms with Gasteiger partial charge in [-0.1, -0.05) is 18.2 Å². The van der Waals surface area contributed by atoms with E-state index in [1.807, 2.05) is 24.3 Å². The van der Waals surface area contributed by atoms with Crippen molar-refractivity contribution in [2.45, 2.75) is 20.0 Å². The van der Waals surface area contributed by atoms with Gasteiger partial charge in [0.25, 0.3) is 0 Å².